The minimum atomic E-state index is -6.03. The van der Waals surface area contributed by atoms with E-state index in [9.17, 15) is 37.2 Å². The predicted molar refractivity (Wildman–Crippen MR) is 93.0 cm³/mol. The number of alkyl halides is 3. The molecule has 1 aromatic heterocycles. The van der Waals surface area contributed by atoms with Gasteiger partial charge in [0.05, 0.1) is 21.4 Å². The van der Waals surface area contributed by atoms with E-state index in [1.807, 2.05) is 0 Å². The van der Waals surface area contributed by atoms with Crippen LogP contribution in [-0.2, 0) is 14.6 Å². The number of fused-ring (bicyclic) bond motifs is 1. The van der Waals surface area contributed by atoms with Gasteiger partial charge in [-0.3, -0.25) is 4.63 Å². The third-order valence-electron chi connectivity index (χ3n) is 4.84. The summed E-state index contributed by atoms with van der Waals surface area (Å²) in [7, 11) is -6.03. The summed E-state index contributed by atoms with van der Waals surface area (Å²) < 4.78 is 76.2. The van der Waals surface area contributed by atoms with Crippen LogP contribution in [0.5, 0.6) is 0 Å². The van der Waals surface area contributed by atoms with Crippen molar-refractivity contribution in [3.8, 4) is 0 Å². The summed E-state index contributed by atoms with van der Waals surface area (Å²) in [4.78, 5) is -2.74. The first-order chi connectivity index (χ1) is 13.8. The van der Waals surface area contributed by atoms with E-state index in [4.69, 9.17) is 4.74 Å². The fraction of sp³-hybridized carbons (Fsp3) is 0.600. The van der Waals surface area contributed by atoms with Crippen LogP contribution < -0.4 is 4.90 Å². The van der Waals surface area contributed by atoms with Crippen molar-refractivity contribution in [3.05, 3.63) is 38.0 Å². The van der Waals surface area contributed by atoms with Crippen LogP contribution in [0.3, 0.4) is 0 Å². The normalized spacial score (nSPS) is 20.6. The minimum Gasteiger partial charge on any atom is -0.612 e. The van der Waals surface area contributed by atoms with Crippen molar-refractivity contribution >= 4 is 21.8 Å². The van der Waals surface area contributed by atoms with E-state index in [0.29, 0.717) is 32.4 Å². The molecule has 0 saturated carbocycles. The lowest BCUT2D eigenvalue weighted by molar-refractivity contribution is -0.808. The highest BCUT2D eigenvalue weighted by molar-refractivity contribution is 7.96. The molecule has 0 aromatic carbocycles. The number of halogens is 3. The molecule has 2 heterocycles. The average Bonchev–Trinajstić information content (AvgIpc) is 3.01. The van der Waals surface area contributed by atoms with Gasteiger partial charge in [0.15, 0.2) is 13.1 Å². The molecule has 0 bridgehead atoms. The Kier molecular flexibility index (Phi) is 5.30. The Balaban J connectivity index is 2.30. The second kappa shape index (κ2) is 7.23. The van der Waals surface area contributed by atoms with Crippen molar-refractivity contribution in [1.29, 1.82) is 0 Å². The molecule has 15 heteroatoms. The van der Waals surface area contributed by atoms with E-state index in [-0.39, 0.29) is 4.90 Å². The predicted octanol–water partition coefficient (Wildman–Crippen LogP) is 0.161. The zero-order valence-corrected chi connectivity index (χ0v) is 16.6. The Morgan fingerprint density at radius 3 is 2.40 bits per heavy atom. The molecule has 1 aromatic rings. The molecule has 1 aliphatic carbocycles. The number of sulfone groups is 1. The topological polar surface area (TPSA) is 148 Å². The molecule has 0 spiro atoms. The molecule has 1 fully saturated rings. The van der Waals surface area contributed by atoms with Gasteiger partial charge in [-0.05, 0) is 18.8 Å². The molecule has 3 rings (SSSR count). The van der Waals surface area contributed by atoms with Gasteiger partial charge in [-0.2, -0.15) is 18.1 Å². The van der Waals surface area contributed by atoms with E-state index in [1.165, 1.54) is 20.1 Å². The number of aromatic nitrogens is 2. The van der Waals surface area contributed by atoms with Crippen LogP contribution >= 0.6 is 0 Å². The number of hydrogen-bond acceptors (Lipinski definition) is 8. The standard InChI is InChI=1S/C15H17F3N4O7S/c1-14(2,8-20-3-5-28-6-4-20)11-10(30(26,27)15(16,17)18)7-9(21(23)24)12-13(11)22(25)29-19-12/h7-8,11H,3-6H2,1-2H3. The van der Waals surface area contributed by atoms with Gasteiger partial charge in [-0.25, -0.2) is 13.0 Å². The molecule has 0 amide bonds. The third kappa shape index (κ3) is 3.62. The zero-order chi connectivity index (χ0) is 22.5. The van der Waals surface area contributed by atoms with Gasteiger partial charge >= 0.3 is 11.2 Å². The SMILES string of the molecule is CC(C)(C=[N+]1CCOCC1)C1C(S(=O)(=O)C(F)(F)F)=CC(=[N+]([O-])[O-])c2no[n+]([O-])c21. The van der Waals surface area contributed by atoms with Crippen LogP contribution in [0.2, 0.25) is 0 Å². The van der Waals surface area contributed by atoms with Crippen LogP contribution in [0.15, 0.2) is 15.6 Å². The summed E-state index contributed by atoms with van der Waals surface area (Å²) in [6.07, 6.45) is 1.79. The molecule has 11 nitrogen and oxygen atoms in total. The van der Waals surface area contributed by atoms with E-state index >= 15 is 0 Å². The molecule has 0 radical (unpaired) electrons. The Morgan fingerprint density at radius 2 is 1.87 bits per heavy atom. The Bertz CT molecular complexity index is 1040. The van der Waals surface area contributed by atoms with Gasteiger partial charge in [0, 0.05) is 6.08 Å². The number of ether oxygens (including phenoxy) is 1. The lowest BCUT2D eigenvalue weighted by Gasteiger charge is -2.31. The molecular weight excluding hydrogens is 437 g/mol. The monoisotopic (exact) mass is 454 g/mol. The summed E-state index contributed by atoms with van der Waals surface area (Å²) in [5.74, 6) is -1.74. The van der Waals surface area contributed by atoms with Crippen molar-refractivity contribution in [2.45, 2.75) is 25.3 Å². The highest BCUT2D eigenvalue weighted by atomic mass is 32.2. The largest absolute Gasteiger partial charge is 0.612 e. The molecule has 166 valence electrons. The van der Waals surface area contributed by atoms with Crippen molar-refractivity contribution in [3.63, 3.8) is 0 Å². The molecule has 2 aliphatic rings. The maximum atomic E-state index is 13.4. The summed E-state index contributed by atoms with van der Waals surface area (Å²) >= 11 is 0. The maximum absolute atomic E-state index is 13.4. The van der Waals surface area contributed by atoms with E-state index in [2.05, 4.69) is 9.79 Å². The first kappa shape index (κ1) is 22.0. The van der Waals surface area contributed by atoms with E-state index < -0.39 is 53.6 Å². The minimum absolute atomic E-state index is 0.294. The number of allylic oxidation sites excluding steroid dienone is 2. The molecule has 1 atom stereocenters. The number of rotatable bonds is 3. The lowest BCUT2D eigenvalue weighted by Crippen LogP contribution is -2.45. The number of nitrogens with zero attached hydrogens (tertiary/aromatic N) is 4. The average molecular weight is 454 g/mol. The summed E-state index contributed by atoms with van der Waals surface area (Å²) in [6, 6.07) is 0. The van der Waals surface area contributed by atoms with Gasteiger partial charge in [0.1, 0.15) is 19.4 Å². The Hall–Kier alpha value is -2.68. The zero-order valence-electron chi connectivity index (χ0n) is 15.7. The summed E-state index contributed by atoms with van der Waals surface area (Å²) in [5, 5.41) is 38.2. The molecule has 1 aliphatic heterocycles. The van der Waals surface area contributed by atoms with Crippen molar-refractivity contribution in [2.24, 2.45) is 5.41 Å². The van der Waals surface area contributed by atoms with Crippen LogP contribution in [-0.4, -0.2) is 66.8 Å². The molecule has 0 N–H and O–H groups in total. The highest BCUT2D eigenvalue weighted by Gasteiger charge is 2.58. The second-order valence-electron chi connectivity index (χ2n) is 7.33. The fourth-order valence-electron chi connectivity index (χ4n) is 3.57. The Labute approximate surface area is 168 Å². The summed E-state index contributed by atoms with van der Waals surface area (Å²) in [5.41, 5.74) is -9.53. The van der Waals surface area contributed by atoms with Crippen LogP contribution in [0.1, 0.15) is 31.2 Å². The quantitative estimate of drug-likeness (QED) is 0.356. The van der Waals surface area contributed by atoms with E-state index in [0.717, 1.165) is 0 Å². The second-order valence-corrected chi connectivity index (χ2v) is 9.28. The van der Waals surface area contributed by atoms with Crippen LogP contribution in [0.25, 0.3) is 0 Å². The van der Waals surface area contributed by atoms with Gasteiger partial charge in [0.25, 0.3) is 15.5 Å². The molecule has 30 heavy (non-hydrogen) atoms. The molecule has 1 unspecified atom stereocenters. The highest BCUT2D eigenvalue weighted by Crippen LogP contribution is 2.47. The van der Waals surface area contributed by atoms with Gasteiger partial charge in [0.2, 0.25) is 5.69 Å². The van der Waals surface area contributed by atoms with Crippen LogP contribution in [0, 0.1) is 21.0 Å². The fourth-order valence-corrected chi connectivity index (χ4v) is 4.83. The number of hydrogen-bond donors (Lipinski definition) is 0. The van der Waals surface area contributed by atoms with Gasteiger partial charge in [-0.15, -0.1) is 0 Å². The Morgan fingerprint density at radius 1 is 1.27 bits per heavy atom. The molecular formula is C15H17F3N4O7S. The van der Waals surface area contributed by atoms with Gasteiger partial charge < -0.3 is 20.4 Å². The smallest absolute Gasteiger partial charge is 0.501 e. The third-order valence-corrected chi connectivity index (χ3v) is 6.43. The molecule has 1 saturated heterocycles. The van der Waals surface area contributed by atoms with Crippen LogP contribution in [0.4, 0.5) is 13.2 Å². The van der Waals surface area contributed by atoms with Crippen molar-refractivity contribution < 1.29 is 45.3 Å². The van der Waals surface area contributed by atoms with E-state index in [1.54, 1.807) is 4.58 Å². The first-order valence-corrected chi connectivity index (χ1v) is 10.1. The van der Waals surface area contributed by atoms with Crippen molar-refractivity contribution in [1.82, 2.24) is 5.16 Å². The van der Waals surface area contributed by atoms with Gasteiger partial charge in [-0.1, -0.05) is 0 Å². The first-order valence-electron chi connectivity index (χ1n) is 8.59. The summed E-state index contributed by atoms with van der Waals surface area (Å²) in [6.45, 7) is 4.31. The lowest BCUT2D eigenvalue weighted by atomic mass is 9.74. The number of morpholine rings is 1. The maximum Gasteiger partial charge on any atom is 0.501 e. The van der Waals surface area contributed by atoms with Crippen molar-refractivity contribution in [2.75, 3.05) is 26.3 Å².